The molecule has 3 rings (SSSR count). The standard InChI is InChI=1S/C17H15ClN2O/c1-21-16-9-13(18)6-7-14(16)17(19)12-8-11-4-2-3-5-15(11)20-10-12/h2-10,17H,19H2,1H3. The van der Waals surface area contributed by atoms with Crippen molar-refractivity contribution in [2.24, 2.45) is 5.73 Å². The number of para-hydroxylation sites is 1. The summed E-state index contributed by atoms with van der Waals surface area (Å²) >= 11 is 5.99. The zero-order valence-electron chi connectivity index (χ0n) is 11.6. The summed E-state index contributed by atoms with van der Waals surface area (Å²) in [6.45, 7) is 0. The van der Waals surface area contributed by atoms with E-state index >= 15 is 0 Å². The van der Waals surface area contributed by atoms with E-state index in [1.54, 1.807) is 19.4 Å². The number of fused-ring (bicyclic) bond motifs is 1. The van der Waals surface area contributed by atoms with E-state index in [0.29, 0.717) is 10.8 Å². The van der Waals surface area contributed by atoms with Crippen molar-refractivity contribution in [2.75, 3.05) is 7.11 Å². The van der Waals surface area contributed by atoms with E-state index < -0.39 is 0 Å². The first kappa shape index (κ1) is 13.9. The number of halogens is 1. The van der Waals surface area contributed by atoms with Crippen LogP contribution in [-0.2, 0) is 0 Å². The summed E-state index contributed by atoms with van der Waals surface area (Å²) in [7, 11) is 1.61. The second-order valence-electron chi connectivity index (χ2n) is 4.83. The number of hydrogen-bond acceptors (Lipinski definition) is 3. The maximum absolute atomic E-state index is 6.37. The molecule has 1 unspecified atom stereocenters. The largest absolute Gasteiger partial charge is 0.496 e. The lowest BCUT2D eigenvalue weighted by molar-refractivity contribution is 0.408. The van der Waals surface area contributed by atoms with Crippen LogP contribution in [-0.4, -0.2) is 12.1 Å². The van der Waals surface area contributed by atoms with Crippen LogP contribution in [0.2, 0.25) is 5.02 Å². The Balaban J connectivity index is 2.05. The van der Waals surface area contributed by atoms with E-state index in [1.807, 2.05) is 36.4 Å². The predicted octanol–water partition coefficient (Wildman–Crippen LogP) is 3.94. The Hall–Kier alpha value is -2.10. The van der Waals surface area contributed by atoms with E-state index in [4.69, 9.17) is 22.1 Å². The highest BCUT2D eigenvalue weighted by molar-refractivity contribution is 6.30. The average Bonchev–Trinajstić information content (AvgIpc) is 2.53. The fraction of sp³-hybridized carbons (Fsp3) is 0.118. The average molecular weight is 299 g/mol. The minimum atomic E-state index is -0.311. The quantitative estimate of drug-likeness (QED) is 0.796. The summed E-state index contributed by atoms with van der Waals surface area (Å²) < 4.78 is 5.37. The summed E-state index contributed by atoms with van der Waals surface area (Å²) in [4.78, 5) is 4.45. The fourth-order valence-corrected chi connectivity index (χ4v) is 2.54. The first-order chi connectivity index (χ1) is 10.2. The van der Waals surface area contributed by atoms with Gasteiger partial charge in [-0.05, 0) is 29.8 Å². The summed E-state index contributed by atoms with van der Waals surface area (Å²) in [5, 5.41) is 1.69. The molecule has 0 radical (unpaired) electrons. The number of nitrogens with two attached hydrogens (primary N) is 1. The van der Waals surface area contributed by atoms with Crippen molar-refractivity contribution in [3.8, 4) is 5.75 Å². The third kappa shape index (κ3) is 2.71. The molecular formula is C17H15ClN2O. The molecule has 2 N–H and O–H groups in total. The van der Waals surface area contributed by atoms with Crippen molar-refractivity contribution in [2.45, 2.75) is 6.04 Å². The van der Waals surface area contributed by atoms with E-state index in [0.717, 1.165) is 22.0 Å². The Morgan fingerprint density at radius 1 is 1.14 bits per heavy atom. The monoisotopic (exact) mass is 298 g/mol. The number of methoxy groups -OCH3 is 1. The van der Waals surface area contributed by atoms with Gasteiger partial charge in [0.25, 0.3) is 0 Å². The van der Waals surface area contributed by atoms with E-state index in [9.17, 15) is 0 Å². The van der Waals surface area contributed by atoms with E-state index in [1.165, 1.54) is 0 Å². The Bertz CT molecular complexity index is 789. The Kier molecular flexibility index (Phi) is 3.78. The van der Waals surface area contributed by atoms with Crippen LogP contribution in [0.15, 0.2) is 54.7 Å². The molecule has 0 spiro atoms. The minimum absolute atomic E-state index is 0.311. The molecule has 0 amide bonds. The van der Waals surface area contributed by atoms with Gasteiger partial charge in [-0.1, -0.05) is 35.9 Å². The van der Waals surface area contributed by atoms with Crippen molar-refractivity contribution < 1.29 is 4.74 Å². The van der Waals surface area contributed by atoms with Crippen molar-refractivity contribution in [1.82, 2.24) is 4.98 Å². The van der Waals surface area contributed by atoms with Crippen LogP contribution in [0, 0.1) is 0 Å². The highest BCUT2D eigenvalue weighted by atomic mass is 35.5. The second-order valence-corrected chi connectivity index (χ2v) is 5.26. The van der Waals surface area contributed by atoms with Crippen LogP contribution in [0.1, 0.15) is 17.2 Å². The highest BCUT2D eigenvalue weighted by Crippen LogP contribution is 2.31. The third-order valence-electron chi connectivity index (χ3n) is 3.50. The minimum Gasteiger partial charge on any atom is -0.496 e. The SMILES string of the molecule is COc1cc(Cl)ccc1C(N)c1cnc2ccccc2c1. The van der Waals surface area contributed by atoms with Gasteiger partial charge in [-0.3, -0.25) is 4.98 Å². The molecule has 3 nitrogen and oxygen atoms in total. The summed E-state index contributed by atoms with van der Waals surface area (Å²) in [5.74, 6) is 0.683. The number of nitrogens with zero attached hydrogens (tertiary/aromatic N) is 1. The molecular weight excluding hydrogens is 284 g/mol. The zero-order chi connectivity index (χ0) is 14.8. The van der Waals surface area contributed by atoms with Crippen molar-refractivity contribution >= 4 is 22.5 Å². The number of benzene rings is 2. The first-order valence-corrected chi connectivity index (χ1v) is 7.00. The molecule has 1 atom stereocenters. The second kappa shape index (κ2) is 5.72. The van der Waals surface area contributed by atoms with E-state index in [-0.39, 0.29) is 6.04 Å². The van der Waals surface area contributed by atoms with Gasteiger partial charge in [-0.2, -0.15) is 0 Å². The lowest BCUT2D eigenvalue weighted by Crippen LogP contribution is -2.13. The number of aromatic nitrogens is 1. The van der Waals surface area contributed by atoms with Crippen LogP contribution < -0.4 is 10.5 Å². The fourth-order valence-electron chi connectivity index (χ4n) is 2.38. The zero-order valence-corrected chi connectivity index (χ0v) is 12.3. The van der Waals surface area contributed by atoms with Crippen LogP contribution in [0.5, 0.6) is 5.75 Å². The van der Waals surface area contributed by atoms with Gasteiger partial charge >= 0.3 is 0 Å². The van der Waals surface area contributed by atoms with Crippen LogP contribution >= 0.6 is 11.6 Å². The molecule has 0 aliphatic heterocycles. The molecule has 0 bridgehead atoms. The number of pyridine rings is 1. The van der Waals surface area contributed by atoms with Gasteiger partial charge in [-0.25, -0.2) is 0 Å². The van der Waals surface area contributed by atoms with E-state index in [2.05, 4.69) is 11.1 Å². The smallest absolute Gasteiger partial charge is 0.125 e. The molecule has 3 aromatic rings. The van der Waals surface area contributed by atoms with Crippen molar-refractivity contribution in [3.05, 3.63) is 70.9 Å². The molecule has 0 saturated carbocycles. The molecule has 106 valence electrons. The number of rotatable bonds is 3. The van der Waals surface area contributed by atoms with Gasteiger partial charge in [0.2, 0.25) is 0 Å². The van der Waals surface area contributed by atoms with Crippen molar-refractivity contribution in [3.63, 3.8) is 0 Å². The van der Waals surface area contributed by atoms with Gasteiger partial charge in [0.15, 0.2) is 0 Å². The topological polar surface area (TPSA) is 48.1 Å². The molecule has 0 aliphatic carbocycles. The van der Waals surface area contributed by atoms with Crippen molar-refractivity contribution in [1.29, 1.82) is 0 Å². The Morgan fingerprint density at radius 2 is 1.95 bits per heavy atom. The predicted molar refractivity (Wildman–Crippen MR) is 85.8 cm³/mol. The number of hydrogen-bond donors (Lipinski definition) is 1. The molecule has 1 aromatic heterocycles. The molecule has 1 heterocycles. The molecule has 4 heteroatoms. The Morgan fingerprint density at radius 3 is 2.76 bits per heavy atom. The van der Waals surface area contributed by atoms with Crippen LogP contribution in [0.4, 0.5) is 0 Å². The third-order valence-corrected chi connectivity index (χ3v) is 3.74. The summed E-state index contributed by atoms with van der Waals surface area (Å²) in [5.41, 5.74) is 9.15. The Labute approximate surface area is 128 Å². The lowest BCUT2D eigenvalue weighted by Gasteiger charge is -2.16. The molecule has 2 aromatic carbocycles. The normalized spacial score (nSPS) is 12.3. The molecule has 0 aliphatic rings. The van der Waals surface area contributed by atoms with Gasteiger partial charge in [-0.15, -0.1) is 0 Å². The van der Waals surface area contributed by atoms with Crippen LogP contribution in [0.25, 0.3) is 10.9 Å². The molecule has 0 fully saturated rings. The maximum Gasteiger partial charge on any atom is 0.125 e. The first-order valence-electron chi connectivity index (χ1n) is 6.63. The van der Waals surface area contributed by atoms with Gasteiger partial charge in [0, 0.05) is 22.2 Å². The molecule has 21 heavy (non-hydrogen) atoms. The van der Waals surface area contributed by atoms with Gasteiger partial charge in [0.1, 0.15) is 5.75 Å². The van der Waals surface area contributed by atoms with Crippen LogP contribution in [0.3, 0.4) is 0 Å². The number of ether oxygens (including phenoxy) is 1. The highest BCUT2D eigenvalue weighted by Gasteiger charge is 2.15. The molecule has 0 saturated heterocycles. The summed E-state index contributed by atoms with van der Waals surface area (Å²) in [6, 6.07) is 15.2. The summed E-state index contributed by atoms with van der Waals surface area (Å²) in [6.07, 6.45) is 1.81. The van der Waals surface area contributed by atoms with Gasteiger partial charge in [0.05, 0.1) is 18.7 Å². The maximum atomic E-state index is 6.37. The lowest BCUT2D eigenvalue weighted by atomic mass is 9.99. The van der Waals surface area contributed by atoms with Gasteiger partial charge < -0.3 is 10.5 Å².